The van der Waals surface area contributed by atoms with Crippen LogP contribution in [0.3, 0.4) is 0 Å². The summed E-state index contributed by atoms with van der Waals surface area (Å²) in [6, 6.07) is 3.53. The van der Waals surface area contributed by atoms with Crippen molar-refractivity contribution in [2.24, 2.45) is 10.7 Å². The predicted octanol–water partition coefficient (Wildman–Crippen LogP) is 5.95. The fraction of sp³-hybridized carbons (Fsp3) is 0.455. The van der Waals surface area contributed by atoms with Gasteiger partial charge in [-0.15, -0.1) is 0 Å². The second-order valence-electron chi connectivity index (χ2n) is 10.9. The fourth-order valence-corrected chi connectivity index (χ4v) is 4.18. The molecule has 42 heavy (non-hydrogen) atoms. The molecule has 0 saturated heterocycles. The number of nitrogens with zero attached hydrogens (tertiary/aromatic N) is 1. The Kier molecular flexibility index (Phi) is 14.0. The molecule has 1 heterocycles. The molecule has 0 aliphatic rings. The van der Waals surface area contributed by atoms with E-state index in [9.17, 15) is 9.59 Å². The van der Waals surface area contributed by atoms with Gasteiger partial charge < -0.3 is 26.6 Å². The van der Waals surface area contributed by atoms with E-state index in [1.165, 1.54) is 19.1 Å². The number of carbonyl (C=O) groups is 2. The highest BCUT2D eigenvalue weighted by Crippen LogP contribution is 2.20. The zero-order valence-electron chi connectivity index (χ0n) is 27.0. The van der Waals surface area contributed by atoms with Crippen molar-refractivity contribution in [3.05, 3.63) is 51.7 Å². The average molecular weight is 579 g/mol. The van der Waals surface area contributed by atoms with Gasteiger partial charge in [0.1, 0.15) is 5.60 Å². The summed E-state index contributed by atoms with van der Waals surface area (Å²) in [7, 11) is 0. The molecule has 1 aromatic carbocycles. The number of fused-ring (bicyclic) bond motifs is 1. The third-order valence-corrected chi connectivity index (χ3v) is 6.47. The van der Waals surface area contributed by atoms with Crippen molar-refractivity contribution in [2.75, 3.05) is 5.73 Å². The van der Waals surface area contributed by atoms with Crippen molar-refractivity contribution in [2.45, 2.75) is 101 Å². The highest BCUT2D eigenvalue weighted by molar-refractivity contribution is 6.17. The Morgan fingerprint density at radius 2 is 1.71 bits per heavy atom. The number of carbonyl (C=O) groups excluding carboxylic acids is 2. The minimum atomic E-state index is -0.714. The summed E-state index contributed by atoms with van der Waals surface area (Å²) in [5, 5.41) is 12.7. The van der Waals surface area contributed by atoms with Crippen molar-refractivity contribution in [3.8, 4) is 0 Å². The minimum Gasteiger partial charge on any atom is -0.444 e. The first-order valence-corrected chi connectivity index (χ1v) is 14.6. The van der Waals surface area contributed by atoms with Crippen LogP contribution in [0.2, 0.25) is 0 Å². The molecule has 2 rings (SSSR count). The lowest BCUT2D eigenvalue weighted by molar-refractivity contribution is -0.113. The number of unbranched alkanes of at least 4 members (excludes halogenated alkanes) is 1. The van der Waals surface area contributed by atoms with Crippen LogP contribution in [0.4, 0.5) is 10.5 Å². The largest absolute Gasteiger partial charge is 0.444 e. The number of nitrogens with one attached hydrogen (secondary N) is 3. The molecule has 0 aliphatic carbocycles. The number of rotatable bonds is 9. The van der Waals surface area contributed by atoms with Crippen LogP contribution in [-0.4, -0.2) is 34.5 Å². The molecule has 9 heteroatoms. The molecule has 0 unspecified atom stereocenters. The SMILES string of the molecule is CCCC.C\C=C/C(NC(=O)OC(C)(C)C)=C(CC)/C(C)=N\C(C(N)=O)=c1\[nH]c2ccc(N)c(C=N)c2\c1=C(\C)CC. The normalized spacial score (nSPS) is 14.1. The Balaban J connectivity index is 0.00000206. The molecule has 7 N–H and O–H groups in total. The number of hydrogen-bond donors (Lipinski definition) is 5. The summed E-state index contributed by atoms with van der Waals surface area (Å²) in [4.78, 5) is 33.3. The number of ether oxygens (including phenoxy) is 1. The highest BCUT2D eigenvalue weighted by atomic mass is 16.6. The number of nitrogens with two attached hydrogens (primary N) is 2. The van der Waals surface area contributed by atoms with Crippen LogP contribution in [0.1, 0.15) is 100 Å². The van der Waals surface area contributed by atoms with Gasteiger partial charge in [0.05, 0.1) is 5.35 Å². The molecule has 230 valence electrons. The standard InChI is InChI=1S/C29H40N6O3.C4H10/c1-9-12-21(35-28(37)38-29(6,7)8)18(11-3)17(5)33-26(27(32)36)25-23(16(4)10-2)24-19(15-30)20(31)13-14-22(24)34-25;1-3-4-2/h9,12-15,30,34H,10-11,31H2,1-8H3,(H2,32,36)(H,35,37);3-4H2,1-2H3/b12-9-,21-18-,23-16+,26-25+,30-15?,33-17-;. The van der Waals surface area contributed by atoms with Crippen molar-refractivity contribution < 1.29 is 14.3 Å². The van der Waals surface area contributed by atoms with Gasteiger partial charge in [0.15, 0.2) is 5.70 Å². The number of anilines is 1. The number of amides is 2. The summed E-state index contributed by atoms with van der Waals surface area (Å²) < 4.78 is 5.42. The van der Waals surface area contributed by atoms with E-state index >= 15 is 0 Å². The van der Waals surface area contributed by atoms with Crippen molar-refractivity contribution in [1.29, 1.82) is 5.41 Å². The summed E-state index contributed by atoms with van der Waals surface area (Å²) in [5.41, 5.74) is 15.9. The maximum atomic E-state index is 12.8. The van der Waals surface area contributed by atoms with E-state index in [2.05, 4.69) is 24.1 Å². The van der Waals surface area contributed by atoms with E-state index in [1.54, 1.807) is 45.9 Å². The molecule has 9 nitrogen and oxygen atoms in total. The van der Waals surface area contributed by atoms with E-state index in [4.69, 9.17) is 26.6 Å². The molecule has 0 fully saturated rings. The van der Waals surface area contributed by atoms with Gasteiger partial charge in [0, 0.05) is 45.0 Å². The van der Waals surface area contributed by atoms with E-state index in [0.717, 1.165) is 21.7 Å². The van der Waals surface area contributed by atoms with E-state index in [1.807, 2.05) is 33.8 Å². The molecule has 2 aromatic rings. The number of benzene rings is 1. The first-order valence-electron chi connectivity index (χ1n) is 14.6. The van der Waals surface area contributed by atoms with Gasteiger partial charge in [-0.2, -0.15) is 0 Å². The Morgan fingerprint density at radius 3 is 2.17 bits per heavy atom. The van der Waals surface area contributed by atoms with Crippen molar-refractivity contribution in [1.82, 2.24) is 10.3 Å². The number of H-pyrrole nitrogens is 1. The van der Waals surface area contributed by atoms with Gasteiger partial charge in [0.25, 0.3) is 5.91 Å². The van der Waals surface area contributed by atoms with Crippen LogP contribution >= 0.6 is 0 Å². The van der Waals surface area contributed by atoms with Gasteiger partial charge in [0.2, 0.25) is 0 Å². The number of nitrogen functional groups attached to an aromatic ring is 1. The molecular weight excluding hydrogens is 528 g/mol. The van der Waals surface area contributed by atoms with E-state index in [0.29, 0.717) is 46.4 Å². The lowest BCUT2D eigenvalue weighted by atomic mass is 10.0. The summed E-state index contributed by atoms with van der Waals surface area (Å²) in [5.74, 6) is -0.714. The summed E-state index contributed by atoms with van der Waals surface area (Å²) in [6.45, 7) is 19.2. The maximum absolute atomic E-state index is 12.8. The van der Waals surface area contributed by atoms with Gasteiger partial charge in [-0.25, -0.2) is 9.79 Å². The van der Waals surface area contributed by atoms with Crippen molar-refractivity contribution >= 4 is 51.8 Å². The number of aliphatic imine (C=N–C) groups is 1. The Bertz CT molecular complexity index is 1500. The zero-order valence-corrected chi connectivity index (χ0v) is 27.0. The molecular formula is C33H50N6O3. The monoisotopic (exact) mass is 578 g/mol. The lowest BCUT2D eigenvalue weighted by Crippen LogP contribution is -2.33. The first-order chi connectivity index (χ1) is 19.7. The van der Waals surface area contributed by atoms with Gasteiger partial charge in [-0.1, -0.05) is 52.2 Å². The molecule has 0 aliphatic heterocycles. The zero-order chi connectivity index (χ0) is 32.2. The van der Waals surface area contributed by atoms with Gasteiger partial charge in [-0.3, -0.25) is 10.1 Å². The first kappa shape index (κ1) is 35.9. The van der Waals surface area contributed by atoms with Crippen LogP contribution < -0.4 is 27.4 Å². The van der Waals surface area contributed by atoms with Gasteiger partial charge >= 0.3 is 6.09 Å². The average Bonchev–Trinajstić information content (AvgIpc) is 3.29. The number of allylic oxidation sites excluding steroid dienone is 3. The smallest absolute Gasteiger partial charge is 0.412 e. The van der Waals surface area contributed by atoms with Crippen LogP contribution in [0.15, 0.2) is 40.5 Å². The minimum absolute atomic E-state index is 0.0408. The number of primary amides is 1. The van der Waals surface area contributed by atoms with Crippen LogP contribution in [0, 0.1) is 5.41 Å². The topological polar surface area (TPSA) is 159 Å². The highest BCUT2D eigenvalue weighted by Gasteiger charge is 2.19. The Morgan fingerprint density at radius 1 is 1.10 bits per heavy atom. The van der Waals surface area contributed by atoms with Crippen LogP contribution in [0.5, 0.6) is 0 Å². The lowest BCUT2D eigenvalue weighted by Gasteiger charge is -2.21. The fourth-order valence-electron chi connectivity index (χ4n) is 4.18. The number of hydrogen-bond acceptors (Lipinski definition) is 6. The van der Waals surface area contributed by atoms with E-state index < -0.39 is 17.6 Å². The second-order valence-corrected chi connectivity index (χ2v) is 10.9. The number of aromatic nitrogens is 1. The summed E-state index contributed by atoms with van der Waals surface area (Å²) >= 11 is 0. The molecule has 1 aromatic heterocycles. The molecule has 0 bridgehead atoms. The van der Waals surface area contributed by atoms with E-state index in [-0.39, 0.29) is 5.70 Å². The summed E-state index contributed by atoms with van der Waals surface area (Å²) in [6.07, 6.45) is 8.04. The third-order valence-electron chi connectivity index (χ3n) is 6.47. The number of aromatic amines is 1. The molecule has 0 radical (unpaired) electrons. The molecule has 0 spiro atoms. The molecule has 0 saturated carbocycles. The second kappa shape index (κ2) is 16.3. The maximum Gasteiger partial charge on any atom is 0.412 e. The van der Waals surface area contributed by atoms with Crippen LogP contribution in [-0.2, 0) is 9.53 Å². The van der Waals surface area contributed by atoms with Crippen LogP contribution in [0.25, 0.3) is 22.2 Å². The predicted molar refractivity (Wildman–Crippen MR) is 177 cm³/mol. The quantitative estimate of drug-likeness (QED) is 0.141. The molecule has 0 atom stereocenters. The van der Waals surface area contributed by atoms with Crippen molar-refractivity contribution in [3.63, 3.8) is 0 Å². The molecule has 2 amide bonds. The Hall–Kier alpha value is -4.14. The van der Waals surface area contributed by atoms with Gasteiger partial charge in [-0.05, 0) is 78.2 Å². The third kappa shape index (κ3) is 9.46. The number of alkyl carbamates (subject to hydrolysis) is 1. The Labute approximate surface area is 250 Å².